The highest BCUT2D eigenvalue weighted by molar-refractivity contribution is 6.04. The minimum absolute atomic E-state index is 0.162. The van der Waals surface area contributed by atoms with Gasteiger partial charge in [-0.25, -0.2) is 4.79 Å². The number of rotatable bonds is 7. The van der Waals surface area contributed by atoms with Crippen molar-refractivity contribution in [3.63, 3.8) is 0 Å². The van der Waals surface area contributed by atoms with Crippen LogP contribution in [-0.4, -0.2) is 61.2 Å². The van der Waals surface area contributed by atoms with E-state index in [0.29, 0.717) is 48.1 Å². The lowest BCUT2D eigenvalue weighted by Gasteiger charge is -2.29. The van der Waals surface area contributed by atoms with Crippen LogP contribution in [0, 0.1) is 0 Å². The number of anilines is 1. The van der Waals surface area contributed by atoms with Crippen molar-refractivity contribution in [1.82, 2.24) is 9.80 Å². The van der Waals surface area contributed by atoms with Crippen LogP contribution in [0.5, 0.6) is 23.0 Å². The number of hydrogen-bond donors (Lipinski definition) is 1. The third-order valence-corrected chi connectivity index (χ3v) is 6.31. The van der Waals surface area contributed by atoms with E-state index < -0.39 is 6.04 Å². The van der Waals surface area contributed by atoms with Crippen LogP contribution in [0.3, 0.4) is 0 Å². The number of nitrogens with one attached hydrogen (secondary N) is 1. The van der Waals surface area contributed by atoms with Gasteiger partial charge in [0.25, 0.3) is 5.91 Å². The summed E-state index contributed by atoms with van der Waals surface area (Å²) in [5, 5.41) is 2.81. The maximum atomic E-state index is 13.0. The van der Waals surface area contributed by atoms with Crippen molar-refractivity contribution >= 4 is 23.5 Å². The van der Waals surface area contributed by atoms with E-state index in [0.717, 1.165) is 11.1 Å². The number of amides is 4. The Morgan fingerprint density at radius 2 is 1.79 bits per heavy atom. The van der Waals surface area contributed by atoms with E-state index in [1.807, 2.05) is 12.1 Å². The van der Waals surface area contributed by atoms with Gasteiger partial charge < -0.3 is 29.2 Å². The summed E-state index contributed by atoms with van der Waals surface area (Å²) < 4.78 is 21.3. The number of hydrogen-bond acceptors (Lipinski definition) is 7. The Morgan fingerprint density at radius 3 is 2.56 bits per heavy atom. The van der Waals surface area contributed by atoms with Crippen molar-refractivity contribution in [3.05, 3.63) is 41.5 Å². The number of ether oxygens (including phenoxy) is 4. The molecule has 1 atom stereocenters. The van der Waals surface area contributed by atoms with Crippen molar-refractivity contribution in [1.29, 1.82) is 0 Å². The molecule has 0 aliphatic carbocycles. The van der Waals surface area contributed by atoms with Gasteiger partial charge in [-0.15, -0.1) is 0 Å². The number of benzene rings is 2. The van der Waals surface area contributed by atoms with Gasteiger partial charge in [0, 0.05) is 37.7 Å². The molecule has 3 heterocycles. The zero-order valence-corrected chi connectivity index (χ0v) is 19.0. The zero-order valence-electron chi connectivity index (χ0n) is 19.0. The number of fused-ring (bicyclic) bond motifs is 3. The van der Waals surface area contributed by atoms with Crippen molar-refractivity contribution < 1.29 is 33.3 Å². The second-order valence-corrected chi connectivity index (χ2v) is 8.32. The van der Waals surface area contributed by atoms with Gasteiger partial charge in [-0.1, -0.05) is 0 Å². The Labute approximate surface area is 196 Å². The Morgan fingerprint density at radius 1 is 1.06 bits per heavy atom. The van der Waals surface area contributed by atoms with Crippen LogP contribution in [0.4, 0.5) is 10.5 Å². The average Bonchev–Trinajstić information content (AvgIpc) is 3.40. The van der Waals surface area contributed by atoms with Gasteiger partial charge in [-0.3, -0.25) is 14.5 Å². The smallest absolute Gasteiger partial charge is 0.327 e. The molecular formula is C24H25N3O7. The van der Waals surface area contributed by atoms with E-state index in [4.69, 9.17) is 18.9 Å². The zero-order chi connectivity index (χ0) is 23.8. The fourth-order valence-electron chi connectivity index (χ4n) is 4.56. The van der Waals surface area contributed by atoms with E-state index in [1.54, 1.807) is 37.3 Å². The predicted molar refractivity (Wildman–Crippen MR) is 120 cm³/mol. The van der Waals surface area contributed by atoms with E-state index >= 15 is 0 Å². The van der Waals surface area contributed by atoms with E-state index in [1.165, 1.54) is 4.90 Å². The molecule has 10 heteroatoms. The van der Waals surface area contributed by atoms with Gasteiger partial charge in [0.1, 0.15) is 6.04 Å². The number of methoxy groups -OCH3 is 2. The van der Waals surface area contributed by atoms with Gasteiger partial charge in [0.15, 0.2) is 23.0 Å². The number of urea groups is 1. The summed E-state index contributed by atoms with van der Waals surface area (Å²) in [7, 11) is 3.12. The first kappa shape index (κ1) is 21.9. The topological polar surface area (TPSA) is 107 Å². The van der Waals surface area contributed by atoms with Crippen molar-refractivity contribution in [2.45, 2.75) is 31.8 Å². The van der Waals surface area contributed by atoms with Crippen LogP contribution in [0.25, 0.3) is 0 Å². The summed E-state index contributed by atoms with van der Waals surface area (Å²) in [6.45, 7) is 0.670. The molecule has 1 fully saturated rings. The SMILES string of the molecule is COc1cc2c(cc1OC)CN1C(=O)N(CCCC(=O)Nc3ccc4c(c3)OCO4)C(=O)[C@H]1C2. The molecule has 3 aliphatic heterocycles. The van der Waals surface area contributed by atoms with E-state index in [-0.39, 0.29) is 37.6 Å². The highest BCUT2D eigenvalue weighted by Gasteiger charge is 2.47. The molecule has 4 amide bonds. The Kier molecular flexibility index (Phi) is 5.64. The van der Waals surface area contributed by atoms with Crippen LogP contribution in [0.15, 0.2) is 30.3 Å². The van der Waals surface area contributed by atoms with E-state index in [9.17, 15) is 14.4 Å². The van der Waals surface area contributed by atoms with Gasteiger partial charge >= 0.3 is 6.03 Å². The molecular weight excluding hydrogens is 442 g/mol. The second-order valence-electron chi connectivity index (χ2n) is 8.32. The molecule has 34 heavy (non-hydrogen) atoms. The monoisotopic (exact) mass is 467 g/mol. The fourth-order valence-corrected chi connectivity index (χ4v) is 4.56. The highest BCUT2D eigenvalue weighted by atomic mass is 16.7. The van der Waals surface area contributed by atoms with Crippen LogP contribution in [0.2, 0.25) is 0 Å². The molecule has 5 rings (SSSR count). The third kappa shape index (κ3) is 3.85. The third-order valence-electron chi connectivity index (χ3n) is 6.31. The van der Waals surface area contributed by atoms with E-state index in [2.05, 4.69) is 5.32 Å². The summed E-state index contributed by atoms with van der Waals surface area (Å²) in [5.74, 6) is 1.96. The quantitative estimate of drug-likeness (QED) is 0.624. The molecule has 0 spiro atoms. The number of nitrogens with zero attached hydrogens (tertiary/aromatic N) is 2. The number of imide groups is 1. The molecule has 10 nitrogen and oxygen atoms in total. The largest absolute Gasteiger partial charge is 0.493 e. The van der Waals surface area contributed by atoms with Crippen LogP contribution >= 0.6 is 0 Å². The summed E-state index contributed by atoms with van der Waals surface area (Å²) in [6, 6.07) is 8.02. The maximum Gasteiger partial charge on any atom is 0.327 e. The van der Waals surface area contributed by atoms with Gasteiger partial charge in [0.2, 0.25) is 12.7 Å². The molecule has 178 valence electrons. The van der Waals surface area contributed by atoms with Crippen LogP contribution < -0.4 is 24.3 Å². The molecule has 2 aromatic carbocycles. The normalized spacial score (nSPS) is 18.0. The first-order valence-corrected chi connectivity index (χ1v) is 11.0. The van der Waals surface area contributed by atoms with Gasteiger partial charge in [0.05, 0.1) is 14.2 Å². The Hall–Kier alpha value is -3.95. The van der Waals surface area contributed by atoms with Crippen molar-refractivity contribution in [2.24, 2.45) is 0 Å². The first-order valence-electron chi connectivity index (χ1n) is 11.0. The molecule has 0 aromatic heterocycles. The lowest BCUT2D eigenvalue weighted by Crippen LogP contribution is -2.40. The molecule has 0 saturated carbocycles. The second kappa shape index (κ2) is 8.77. The number of carbonyl (C=O) groups is 3. The Bertz CT molecular complexity index is 1110. The fraction of sp³-hybridized carbons (Fsp3) is 0.375. The molecule has 1 saturated heterocycles. The first-order chi connectivity index (χ1) is 16.5. The summed E-state index contributed by atoms with van der Waals surface area (Å²) >= 11 is 0. The molecule has 0 bridgehead atoms. The van der Waals surface area contributed by atoms with Crippen molar-refractivity contribution in [2.75, 3.05) is 32.9 Å². The van der Waals surface area contributed by atoms with Crippen LogP contribution in [0.1, 0.15) is 24.0 Å². The van der Waals surface area contributed by atoms with Crippen LogP contribution in [-0.2, 0) is 22.6 Å². The van der Waals surface area contributed by atoms with Gasteiger partial charge in [-0.05, 0) is 41.8 Å². The van der Waals surface area contributed by atoms with Gasteiger partial charge in [-0.2, -0.15) is 0 Å². The molecule has 3 aliphatic rings. The Balaban J connectivity index is 1.19. The predicted octanol–water partition coefficient (Wildman–Crippen LogP) is 2.54. The van der Waals surface area contributed by atoms with Crippen molar-refractivity contribution in [3.8, 4) is 23.0 Å². The lowest BCUT2D eigenvalue weighted by atomic mass is 9.94. The average molecular weight is 467 g/mol. The minimum atomic E-state index is -0.541. The standard InChI is InChI=1S/C24H25N3O7/c1-31-19-9-14-8-17-23(29)26(24(30)27(17)12-15(14)10-20(19)32-2)7-3-4-22(28)25-16-5-6-18-21(11-16)34-13-33-18/h5-6,9-11,17H,3-4,7-8,12-13H2,1-2H3,(H,25,28)/t17-/m1/s1. The summed E-state index contributed by atoms with van der Waals surface area (Å²) in [5.41, 5.74) is 2.49. The minimum Gasteiger partial charge on any atom is -0.493 e. The summed E-state index contributed by atoms with van der Waals surface area (Å²) in [4.78, 5) is 41.2. The lowest BCUT2D eigenvalue weighted by molar-refractivity contribution is -0.128. The molecule has 2 aromatic rings. The number of carbonyl (C=O) groups excluding carboxylic acids is 3. The maximum absolute atomic E-state index is 13.0. The molecule has 0 unspecified atom stereocenters. The summed E-state index contributed by atoms with van der Waals surface area (Å²) in [6.07, 6.45) is 0.954. The highest BCUT2D eigenvalue weighted by Crippen LogP contribution is 2.37. The molecule has 1 N–H and O–H groups in total. The molecule has 0 radical (unpaired) electrons.